The van der Waals surface area contributed by atoms with Crippen molar-refractivity contribution in [2.45, 2.75) is 12.3 Å². The molecule has 0 radical (unpaired) electrons. The van der Waals surface area contributed by atoms with Crippen molar-refractivity contribution in [1.82, 2.24) is 5.32 Å². The second-order valence-electron chi connectivity index (χ2n) is 3.50. The number of carbonyl (C=O) groups excluding carboxylic acids is 1. The van der Waals surface area contributed by atoms with E-state index in [0.717, 1.165) is 0 Å². The van der Waals surface area contributed by atoms with Crippen molar-refractivity contribution in [3.63, 3.8) is 0 Å². The summed E-state index contributed by atoms with van der Waals surface area (Å²) in [5.41, 5.74) is 5.52. The molecule has 100 valence electrons. The summed E-state index contributed by atoms with van der Waals surface area (Å²) in [6, 6.07) is 4.03. The van der Waals surface area contributed by atoms with Crippen LogP contribution in [0.4, 0.5) is 18.9 Å². The fraction of sp³-hybridized carbons (Fsp3) is 0.300. The van der Waals surface area contributed by atoms with Crippen molar-refractivity contribution in [1.29, 1.82) is 0 Å². The third-order valence-electron chi connectivity index (χ3n) is 2.09. The largest absolute Gasteiger partial charge is 0.416 e. The molecule has 0 aromatic heterocycles. The van der Waals surface area contributed by atoms with Gasteiger partial charge >= 0.3 is 6.18 Å². The molecular formula is C10H10ClF3N2O2. The molecule has 1 unspecified atom stereocenters. The highest BCUT2D eigenvalue weighted by atomic mass is 35.5. The molecule has 0 fully saturated rings. The van der Waals surface area contributed by atoms with Crippen LogP contribution >= 0.6 is 11.6 Å². The molecule has 0 aliphatic rings. The van der Waals surface area contributed by atoms with Crippen LogP contribution in [0.25, 0.3) is 0 Å². The highest BCUT2D eigenvalue weighted by Gasteiger charge is 2.38. The number of nitrogens with one attached hydrogen (secondary N) is 1. The van der Waals surface area contributed by atoms with Crippen LogP contribution in [-0.2, 0) is 0 Å². The molecule has 1 rings (SSSR count). The quantitative estimate of drug-likeness (QED) is 0.737. The Morgan fingerprint density at radius 3 is 2.67 bits per heavy atom. The third-order valence-corrected chi connectivity index (χ3v) is 2.33. The third kappa shape index (κ3) is 3.78. The van der Waals surface area contributed by atoms with E-state index in [1.54, 1.807) is 0 Å². The Bertz CT molecular complexity index is 451. The molecule has 1 aromatic rings. The second kappa shape index (κ2) is 5.45. The highest BCUT2D eigenvalue weighted by Crippen LogP contribution is 2.20. The first-order chi connectivity index (χ1) is 8.21. The molecule has 0 aliphatic carbocycles. The first-order valence-corrected chi connectivity index (χ1v) is 5.17. The molecule has 0 heterocycles. The predicted octanol–water partition coefficient (Wildman–Crippen LogP) is 1.58. The number of hydrogen-bond acceptors (Lipinski definition) is 3. The average Bonchev–Trinajstić information content (AvgIpc) is 2.27. The molecule has 18 heavy (non-hydrogen) atoms. The molecule has 0 aliphatic heterocycles. The molecule has 1 aromatic carbocycles. The lowest BCUT2D eigenvalue weighted by atomic mass is 10.1. The van der Waals surface area contributed by atoms with Crippen LogP contribution < -0.4 is 11.1 Å². The van der Waals surface area contributed by atoms with Gasteiger partial charge in [0.15, 0.2) is 6.10 Å². The van der Waals surface area contributed by atoms with Gasteiger partial charge in [-0.25, -0.2) is 0 Å². The van der Waals surface area contributed by atoms with Crippen molar-refractivity contribution in [2.75, 3.05) is 12.3 Å². The van der Waals surface area contributed by atoms with E-state index in [1.165, 1.54) is 18.2 Å². The number of nitrogens with two attached hydrogens (primary N) is 1. The van der Waals surface area contributed by atoms with Gasteiger partial charge in [-0.15, -0.1) is 0 Å². The van der Waals surface area contributed by atoms with Crippen LogP contribution in [0.3, 0.4) is 0 Å². The SMILES string of the molecule is Nc1ccc(Cl)cc1C(=O)NCC(O)C(F)(F)F. The minimum atomic E-state index is -4.78. The second-order valence-corrected chi connectivity index (χ2v) is 3.94. The predicted molar refractivity (Wildman–Crippen MR) is 60.3 cm³/mol. The average molecular weight is 283 g/mol. The highest BCUT2D eigenvalue weighted by molar-refractivity contribution is 6.31. The smallest absolute Gasteiger partial charge is 0.398 e. The van der Waals surface area contributed by atoms with E-state index in [-0.39, 0.29) is 16.3 Å². The molecule has 1 amide bonds. The topological polar surface area (TPSA) is 75.4 Å². The summed E-state index contributed by atoms with van der Waals surface area (Å²) in [7, 11) is 0. The van der Waals surface area contributed by atoms with Crippen LogP contribution in [0, 0.1) is 0 Å². The van der Waals surface area contributed by atoms with Crippen LogP contribution in [0.15, 0.2) is 18.2 Å². The lowest BCUT2D eigenvalue weighted by Crippen LogP contribution is -2.40. The molecule has 4 nitrogen and oxygen atoms in total. The van der Waals surface area contributed by atoms with Gasteiger partial charge in [0.2, 0.25) is 0 Å². The fourth-order valence-corrected chi connectivity index (χ4v) is 1.30. The number of benzene rings is 1. The number of alkyl halides is 3. The lowest BCUT2D eigenvalue weighted by molar-refractivity contribution is -0.201. The van der Waals surface area contributed by atoms with E-state index < -0.39 is 24.7 Å². The number of amides is 1. The van der Waals surface area contributed by atoms with Crippen molar-refractivity contribution in [3.8, 4) is 0 Å². The molecule has 8 heteroatoms. The summed E-state index contributed by atoms with van der Waals surface area (Å²) >= 11 is 5.63. The maximum Gasteiger partial charge on any atom is 0.416 e. The molecule has 4 N–H and O–H groups in total. The number of halogens is 4. The Balaban J connectivity index is 2.69. The van der Waals surface area contributed by atoms with Crippen molar-refractivity contribution in [3.05, 3.63) is 28.8 Å². The summed E-state index contributed by atoms with van der Waals surface area (Å²) in [4.78, 5) is 11.5. The normalized spacial score (nSPS) is 13.2. The van der Waals surface area contributed by atoms with Gasteiger partial charge < -0.3 is 16.2 Å². The molecule has 0 saturated heterocycles. The number of carbonyl (C=O) groups is 1. The maximum absolute atomic E-state index is 12.0. The first kappa shape index (κ1) is 14.6. The molecular weight excluding hydrogens is 273 g/mol. The van der Waals surface area contributed by atoms with Gasteiger partial charge in [0.25, 0.3) is 5.91 Å². The van der Waals surface area contributed by atoms with Crippen molar-refractivity contribution in [2.24, 2.45) is 0 Å². The Morgan fingerprint density at radius 1 is 1.50 bits per heavy atom. The Hall–Kier alpha value is -1.47. The summed E-state index contributed by atoms with van der Waals surface area (Å²) in [6.07, 6.45) is -7.41. The van der Waals surface area contributed by atoms with Gasteiger partial charge in [0.05, 0.1) is 12.1 Å². The van der Waals surface area contributed by atoms with E-state index in [2.05, 4.69) is 0 Å². The van der Waals surface area contributed by atoms with Crippen LogP contribution in [0.2, 0.25) is 5.02 Å². The number of aliphatic hydroxyl groups excluding tert-OH is 1. The van der Waals surface area contributed by atoms with Crippen LogP contribution in [0.1, 0.15) is 10.4 Å². The summed E-state index contributed by atoms with van der Waals surface area (Å²) in [6.45, 7) is -0.950. The number of aliphatic hydroxyl groups is 1. The zero-order valence-electron chi connectivity index (χ0n) is 8.96. The van der Waals surface area contributed by atoms with E-state index in [4.69, 9.17) is 22.4 Å². The zero-order chi connectivity index (χ0) is 13.9. The summed E-state index contributed by atoms with van der Waals surface area (Å²) in [5.74, 6) is -0.835. The van der Waals surface area contributed by atoms with Crippen LogP contribution in [0.5, 0.6) is 0 Å². The van der Waals surface area contributed by atoms with E-state index in [1.807, 2.05) is 5.32 Å². The van der Waals surface area contributed by atoms with Crippen molar-refractivity contribution < 1.29 is 23.1 Å². The molecule has 1 atom stereocenters. The summed E-state index contributed by atoms with van der Waals surface area (Å²) in [5, 5.41) is 10.9. The molecule has 0 saturated carbocycles. The van der Waals surface area contributed by atoms with E-state index in [9.17, 15) is 18.0 Å². The fourth-order valence-electron chi connectivity index (χ4n) is 1.13. The minimum Gasteiger partial charge on any atom is -0.398 e. The first-order valence-electron chi connectivity index (χ1n) is 4.80. The van der Waals surface area contributed by atoms with Crippen LogP contribution in [-0.4, -0.2) is 29.8 Å². The minimum absolute atomic E-state index is 0.0446. The van der Waals surface area contributed by atoms with E-state index >= 15 is 0 Å². The standard InChI is InChI=1S/C10H10ClF3N2O2/c11-5-1-2-7(15)6(3-5)9(18)16-4-8(17)10(12,13)14/h1-3,8,17H,4,15H2,(H,16,18). The Labute approximate surface area is 106 Å². The van der Waals surface area contributed by atoms with Gasteiger partial charge in [-0.1, -0.05) is 11.6 Å². The van der Waals surface area contributed by atoms with E-state index in [0.29, 0.717) is 0 Å². The number of anilines is 1. The Morgan fingerprint density at radius 2 is 2.11 bits per heavy atom. The maximum atomic E-state index is 12.0. The van der Waals surface area contributed by atoms with Gasteiger partial charge in [0, 0.05) is 10.7 Å². The van der Waals surface area contributed by atoms with Gasteiger partial charge in [-0.3, -0.25) is 4.79 Å². The lowest BCUT2D eigenvalue weighted by Gasteiger charge is -2.15. The van der Waals surface area contributed by atoms with Gasteiger partial charge in [0.1, 0.15) is 0 Å². The number of rotatable bonds is 3. The molecule has 0 spiro atoms. The Kier molecular flexibility index (Phi) is 4.42. The summed E-state index contributed by atoms with van der Waals surface area (Å²) < 4.78 is 36.0. The van der Waals surface area contributed by atoms with Gasteiger partial charge in [-0.05, 0) is 18.2 Å². The zero-order valence-corrected chi connectivity index (χ0v) is 9.72. The van der Waals surface area contributed by atoms with Crippen molar-refractivity contribution >= 4 is 23.2 Å². The number of nitrogen functional groups attached to an aromatic ring is 1. The molecule has 0 bridgehead atoms. The number of hydrogen-bond donors (Lipinski definition) is 3. The monoisotopic (exact) mass is 282 g/mol. The van der Waals surface area contributed by atoms with Gasteiger partial charge in [-0.2, -0.15) is 13.2 Å².